The molecule has 0 aliphatic carbocycles. The molecule has 0 fully saturated rings. The third-order valence-electron chi connectivity index (χ3n) is 3.12. The van der Waals surface area contributed by atoms with Crippen molar-refractivity contribution in [3.63, 3.8) is 0 Å². The molecular weight excluding hydrogens is 295 g/mol. The number of fused-ring (bicyclic) bond motifs is 1. The third kappa shape index (κ3) is 3.00. The Balaban J connectivity index is 1.68. The largest absolute Gasteiger partial charge is 0.368 e. The SMILES string of the molecule is Fc1ccc(CCNc2ccc3nnc(C(F)F)n3n2)cc1. The standard InChI is InChI=1S/C14H12F3N5/c15-10-3-1-9(2-4-10)7-8-18-11-5-6-12-19-20-14(13(16)17)22(12)21-11/h1-6,13H,7-8H2,(H,18,21). The number of hydrogen-bond acceptors (Lipinski definition) is 4. The van der Waals surface area contributed by atoms with Crippen LogP contribution in [0.1, 0.15) is 17.8 Å². The number of benzene rings is 1. The molecule has 2 heterocycles. The summed E-state index contributed by atoms with van der Waals surface area (Å²) in [6.07, 6.45) is -2.08. The van der Waals surface area contributed by atoms with Gasteiger partial charge in [-0.25, -0.2) is 13.2 Å². The molecule has 3 rings (SSSR count). The first-order chi connectivity index (χ1) is 10.6. The second-order valence-corrected chi connectivity index (χ2v) is 4.65. The minimum Gasteiger partial charge on any atom is -0.368 e. The first kappa shape index (κ1) is 14.3. The molecule has 3 aromatic rings. The third-order valence-corrected chi connectivity index (χ3v) is 3.12. The van der Waals surface area contributed by atoms with E-state index in [1.54, 1.807) is 24.3 Å². The van der Waals surface area contributed by atoms with Crippen molar-refractivity contribution in [1.29, 1.82) is 0 Å². The zero-order chi connectivity index (χ0) is 15.5. The highest BCUT2D eigenvalue weighted by Crippen LogP contribution is 2.17. The molecule has 1 N–H and O–H groups in total. The van der Waals surface area contributed by atoms with Gasteiger partial charge in [-0.2, -0.15) is 4.52 Å². The average molecular weight is 307 g/mol. The predicted molar refractivity (Wildman–Crippen MR) is 74.3 cm³/mol. The van der Waals surface area contributed by atoms with Crippen molar-refractivity contribution in [3.8, 4) is 0 Å². The van der Waals surface area contributed by atoms with Crippen LogP contribution in [0.3, 0.4) is 0 Å². The molecule has 0 saturated heterocycles. The van der Waals surface area contributed by atoms with E-state index >= 15 is 0 Å². The van der Waals surface area contributed by atoms with Crippen LogP contribution in [0.15, 0.2) is 36.4 Å². The topological polar surface area (TPSA) is 55.1 Å². The van der Waals surface area contributed by atoms with Crippen molar-refractivity contribution in [2.75, 3.05) is 11.9 Å². The Kier molecular flexibility index (Phi) is 3.90. The quantitative estimate of drug-likeness (QED) is 0.787. The fourth-order valence-corrected chi connectivity index (χ4v) is 2.02. The van der Waals surface area contributed by atoms with Gasteiger partial charge >= 0.3 is 0 Å². The van der Waals surface area contributed by atoms with Gasteiger partial charge in [-0.15, -0.1) is 15.3 Å². The van der Waals surface area contributed by atoms with Gasteiger partial charge in [0.2, 0.25) is 5.82 Å². The fourth-order valence-electron chi connectivity index (χ4n) is 2.02. The Hall–Kier alpha value is -2.64. The van der Waals surface area contributed by atoms with E-state index in [2.05, 4.69) is 20.6 Å². The molecule has 114 valence electrons. The maximum atomic E-state index is 12.8. The van der Waals surface area contributed by atoms with E-state index in [9.17, 15) is 13.2 Å². The van der Waals surface area contributed by atoms with Crippen molar-refractivity contribution in [3.05, 3.63) is 53.6 Å². The summed E-state index contributed by atoms with van der Waals surface area (Å²) in [5.41, 5.74) is 1.23. The molecule has 0 radical (unpaired) electrons. The first-order valence-corrected chi connectivity index (χ1v) is 6.62. The number of nitrogens with one attached hydrogen (secondary N) is 1. The van der Waals surface area contributed by atoms with Gasteiger partial charge < -0.3 is 5.32 Å². The second-order valence-electron chi connectivity index (χ2n) is 4.65. The van der Waals surface area contributed by atoms with E-state index in [0.717, 1.165) is 10.1 Å². The van der Waals surface area contributed by atoms with Gasteiger partial charge in [0, 0.05) is 6.54 Å². The number of hydrogen-bond donors (Lipinski definition) is 1. The number of aromatic nitrogens is 4. The molecule has 22 heavy (non-hydrogen) atoms. The zero-order valence-corrected chi connectivity index (χ0v) is 11.4. The van der Waals surface area contributed by atoms with Crippen molar-refractivity contribution < 1.29 is 13.2 Å². The van der Waals surface area contributed by atoms with Crippen LogP contribution < -0.4 is 5.32 Å². The summed E-state index contributed by atoms with van der Waals surface area (Å²) in [5.74, 6) is -0.329. The lowest BCUT2D eigenvalue weighted by Gasteiger charge is -2.06. The number of halogens is 3. The van der Waals surface area contributed by atoms with Crippen LogP contribution in [0.2, 0.25) is 0 Å². The molecule has 0 unspecified atom stereocenters. The van der Waals surface area contributed by atoms with Gasteiger partial charge in [0.1, 0.15) is 11.6 Å². The minimum absolute atomic E-state index is 0.263. The Morgan fingerprint density at radius 1 is 1.05 bits per heavy atom. The highest BCUT2D eigenvalue weighted by Gasteiger charge is 2.16. The number of rotatable bonds is 5. The molecule has 2 aromatic heterocycles. The summed E-state index contributed by atoms with van der Waals surface area (Å²) in [7, 11) is 0. The second kappa shape index (κ2) is 6.00. The molecule has 5 nitrogen and oxygen atoms in total. The lowest BCUT2D eigenvalue weighted by atomic mass is 10.1. The average Bonchev–Trinajstić information content (AvgIpc) is 2.92. The van der Waals surface area contributed by atoms with E-state index < -0.39 is 12.2 Å². The number of alkyl halides is 2. The van der Waals surface area contributed by atoms with E-state index in [1.807, 2.05) is 0 Å². The van der Waals surface area contributed by atoms with Crippen LogP contribution >= 0.6 is 0 Å². The molecule has 0 amide bonds. The Morgan fingerprint density at radius 3 is 2.55 bits per heavy atom. The molecule has 0 spiro atoms. The van der Waals surface area contributed by atoms with Crippen molar-refractivity contribution in [2.24, 2.45) is 0 Å². The summed E-state index contributed by atoms with van der Waals surface area (Å²) in [6, 6.07) is 9.39. The Bertz CT molecular complexity index is 770. The van der Waals surface area contributed by atoms with E-state index in [1.165, 1.54) is 12.1 Å². The molecule has 0 atom stereocenters. The van der Waals surface area contributed by atoms with E-state index in [0.29, 0.717) is 18.8 Å². The van der Waals surface area contributed by atoms with E-state index in [-0.39, 0.29) is 11.5 Å². The first-order valence-electron chi connectivity index (χ1n) is 6.62. The van der Waals surface area contributed by atoms with Crippen LogP contribution in [-0.4, -0.2) is 26.4 Å². The summed E-state index contributed by atoms with van der Waals surface area (Å²) in [4.78, 5) is 0. The van der Waals surface area contributed by atoms with Crippen LogP contribution in [-0.2, 0) is 6.42 Å². The van der Waals surface area contributed by atoms with Gasteiger partial charge in [0.25, 0.3) is 6.43 Å². The van der Waals surface area contributed by atoms with Crippen molar-refractivity contribution in [2.45, 2.75) is 12.8 Å². The van der Waals surface area contributed by atoms with Gasteiger partial charge in [0.05, 0.1) is 0 Å². The maximum absolute atomic E-state index is 12.8. The van der Waals surface area contributed by atoms with Gasteiger partial charge in [-0.1, -0.05) is 12.1 Å². The lowest BCUT2D eigenvalue weighted by molar-refractivity contribution is 0.137. The minimum atomic E-state index is -2.74. The monoisotopic (exact) mass is 307 g/mol. The zero-order valence-electron chi connectivity index (χ0n) is 11.4. The maximum Gasteiger partial charge on any atom is 0.299 e. The van der Waals surface area contributed by atoms with Crippen molar-refractivity contribution in [1.82, 2.24) is 19.8 Å². The van der Waals surface area contributed by atoms with Crippen LogP contribution in [0.4, 0.5) is 19.0 Å². The molecule has 0 aliphatic heterocycles. The summed E-state index contributed by atoms with van der Waals surface area (Å²) < 4.78 is 39.3. The molecule has 8 heteroatoms. The van der Waals surface area contributed by atoms with Crippen LogP contribution in [0, 0.1) is 5.82 Å². The van der Waals surface area contributed by atoms with Gasteiger partial charge in [-0.05, 0) is 36.2 Å². The Morgan fingerprint density at radius 2 is 1.82 bits per heavy atom. The summed E-state index contributed by atoms with van der Waals surface area (Å²) in [6.45, 7) is 0.538. The lowest BCUT2D eigenvalue weighted by Crippen LogP contribution is -2.09. The van der Waals surface area contributed by atoms with Gasteiger partial charge in [-0.3, -0.25) is 0 Å². The molecule has 0 bridgehead atoms. The van der Waals surface area contributed by atoms with Crippen LogP contribution in [0.5, 0.6) is 0 Å². The highest BCUT2D eigenvalue weighted by molar-refractivity contribution is 5.44. The van der Waals surface area contributed by atoms with Crippen molar-refractivity contribution >= 4 is 11.5 Å². The fraction of sp³-hybridized carbons (Fsp3) is 0.214. The molecular formula is C14H12F3N5. The normalized spacial score (nSPS) is 11.3. The highest BCUT2D eigenvalue weighted by atomic mass is 19.3. The van der Waals surface area contributed by atoms with E-state index in [4.69, 9.17) is 0 Å². The van der Waals surface area contributed by atoms with Gasteiger partial charge in [0.15, 0.2) is 5.65 Å². The van der Waals surface area contributed by atoms with Crippen LogP contribution in [0.25, 0.3) is 5.65 Å². The number of nitrogens with zero attached hydrogens (tertiary/aromatic N) is 4. The summed E-state index contributed by atoms with van der Waals surface area (Å²) in [5, 5.41) is 14.1. The smallest absolute Gasteiger partial charge is 0.299 e. The predicted octanol–water partition coefficient (Wildman–Crippen LogP) is 2.86. The Labute approximate surface area is 123 Å². The molecule has 0 aliphatic rings. The number of anilines is 1. The molecule has 0 saturated carbocycles. The molecule has 1 aromatic carbocycles. The summed E-state index contributed by atoms with van der Waals surface area (Å²) >= 11 is 0.